The van der Waals surface area contributed by atoms with Crippen molar-refractivity contribution in [2.45, 2.75) is 32.0 Å². The highest BCUT2D eigenvalue weighted by Gasteiger charge is 2.22. The standard InChI is InChI=1S/C6H12BO/c1-5-3-2-4-6(5)7-8/h5-6,8H,2-4H2,1H3/t5-,6-/m0/s1. The van der Waals surface area contributed by atoms with E-state index in [2.05, 4.69) is 6.92 Å². The predicted octanol–water partition coefficient (Wildman–Crippen LogP) is 1.21. The van der Waals surface area contributed by atoms with Gasteiger partial charge in [-0.2, -0.15) is 0 Å². The van der Waals surface area contributed by atoms with Crippen LogP contribution in [0, 0.1) is 5.92 Å². The number of hydrogen-bond acceptors (Lipinski definition) is 1. The Morgan fingerprint density at radius 3 is 2.50 bits per heavy atom. The molecule has 0 saturated heterocycles. The van der Waals surface area contributed by atoms with E-state index in [-0.39, 0.29) is 0 Å². The van der Waals surface area contributed by atoms with Gasteiger partial charge in [-0.05, 0) is 11.7 Å². The maximum Gasteiger partial charge on any atom is 0.290 e. The summed E-state index contributed by atoms with van der Waals surface area (Å²) in [6.45, 7) is 2.20. The molecule has 8 heavy (non-hydrogen) atoms. The van der Waals surface area contributed by atoms with E-state index >= 15 is 0 Å². The lowest BCUT2D eigenvalue weighted by Crippen LogP contribution is -2.04. The molecule has 2 heteroatoms. The third-order valence-corrected chi connectivity index (χ3v) is 2.12. The van der Waals surface area contributed by atoms with Crippen molar-refractivity contribution in [2.24, 2.45) is 5.92 Å². The highest BCUT2D eigenvalue weighted by Crippen LogP contribution is 2.34. The van der Waals surface area contributed by atoms with Gasteiger partial charge in [-0.25, -0.2) is 0 Å². The fraction of sp³-hybridized carbons (Fsp3) is 1.00. The van der Waals surface area contributed by atoms with Gasteiger partial charge in [0.25, 0.3) is 7.48 Å². The first-order chi connectivity index (χ1) is 3.84. The summed E-state index contributed by atoms with van der Waals surface area (Å²) in [7, 11) is 1.36. The zero-order chi connectivity index (χ0) is 5.98. The molecular weight excluding hydrogens is 98.9 g/mol. The van der Waals surface area contributed by atoms with Crippen LogP contribution >= 0.6 is 0 Å². The summed E-state index contributed by atoms with van der Waals surface area (Å²) in [5, 5.41) is 8.61. The zero-order valence-corrected chi connectivity index (χ0v) is 5.30. The minimum atomic E-state index is 0.495. The zero-order valence-electron chi connectivity index (χ0n) is 5.30. The van der Waals surface area contributed by atoms with E-state index in [0.717, 1.165) is 5.92 Å². The van der Waals surface area contributed by atoms with Crippen molar-refractivity contribution in [2.75, 3.05) is 0 Å². The minimum absolute atomic E-state index is 0.495. The van der Waals surface area contributed by atoms with Crippen LogP contribution in [0.2, 0.25) is 5.82 Å². The lowest BCUT2D eigenvalue weighted by Gasteiger charge is -2.07. The van der Waals surface area contributed by atoms with Gasteiger partial charge in [0.15, 0.2) is 0 Å². The average Bonchev–Trinajstić information content (AvgIpc) is 2.14. The van der Waals surface area contributed by atoms with Crippen LogP contribution in [0.4, 0.5) is 0 Å². The second kappa shape index (κ2) is 2.54. The molecule has 1 nitrogen and oxygen atoms in total. The first-order valence-electron chi connectivity index (χ1n) is 3.32. The molecule has 0 aromatic rings. The lowest BCUT2D eigenvalue weighted by molar-refractivity contribution is 0.527. The van der Waals surface area contributed by atoms with Gasteiger partial charge in [-0.3, -0.25) is 0 Å². The van der Waals surface area contributed by atoms with E-state index in [0.29, 0.717) is 5.82 Å². The van der Waals surface area contributed by atoms with E-state index in [4.69, 9.17) is 5.02 Å². The second-order valence-electron chi connectivity index (χ2n) is 2.72. The molecule has 1 radical (unpaired) electrons. The van der Waals surface area contributed by atoms with Crippen molar-refractivity contribution >= 4 is 7.48 Å². The molecule has 45 valence electrons. The molecule has 1 saturated carbocycles. The van der Waals surface area contributed by atoms with Crippen LogP contribution in [0.15, 0.2) is 0 Å². The molecule has 1 aliphatic rings. The quantitative estimate of drug-likeness (QED) is 0.504. The van der Waals surface area contributed by atoms with Crippen LogP contribution in [-0.4, -0.2) is 12.5 Å². The minimum Gasteiger partial charge on any atom is -0.454 e. The average molecular weight is 111 g/mol. The maximum absolute atomic E-state index is 8.61. The van der Waals surface area contributed by atoms with Gasteiger partial charge >= 0.3 is 0 Å². The highest BCUT2D eigenvalue weighted by molar-refractivity contribution is 6.27. The van der Waals surface area contributed by atoms with Crippen molar-refractivity contribution in [1.82, 2.24) is 0 Å². The third kappa shape index (κ3) is 1.05. The molecule has 0 spiro atoms. The molecule has 1 rings (SSSR count). The third-order valence-electron chi connectivity index (χ3n) is 2.12. The largest absolute Gasteiger partial charge is 0.454 e. The fourth-order valence-electron chi connectivity index (χ4n) is 1.40. The Balaban J connectivity index is 2.30. The van der Waals surface area contributed by atoms with E-state index in [1.54, 1.807) is 0 Å². The monoisotopic (exact) mass is 111 g/mol. The van der Waals surface area contributed by atoms with Crippen molar-refractivity contribution in [3.63, 3.8) is 0 Å². The van der Waals surface area contributed by atoms with Crippen molar-refractivity contribution in [3.8, 4) is 0 Å². The van der Waals surface area contributed by atoms with E-state index < -0.39 is 0 Å². The molecule has 2 atom stereocenters. The van der Waals surface area contributed by atoms with Gasteiger partial charge in [0.2, 0.25) is 0 Å². The first-order valence-corrected chi connectivity index (χ1v) is 3.32. The Hall–Kier alpha value is 0.0249. The lowest BCUT2D eigenvalue weighted by atomic mass is 9.74. The Morgan fingerprint density at radius 2 is 2.25 bits per heavy atom. The molecule has 1 N–H and O–H groups in total. The molecule has 0 aromatic carbocycles. The van der Waals surface area contributed by atoms with Gasteiger partial charge in [0.1, 0.15) is 0 Å². The van der Waals surface area contributed by atoms with Crippen molar-refractivity contribution in [1.29, 1.82) is 0 Å². The molecule has 0 aliphatic heterocycles. The summed E-state index contributed by atoms with van der Waals surface area (Å²) < 4.78 is 0. The summed E-state index contributed by atoms with van der Waals surface area (Å²) in [6.07, 6.45) is 3.78. The Morgan fingerprint density at radius 1 is 1.50 bits per heavy atom. The maximum atomic E-state index is 8.61. The number of rotatable bonds is 1. The molecule has 0 heterocycles. The van der Waals surface area contributed by atoms with E-state index in [9.17, 15) is 0 Å². The molecule has 1 aliphatic carbocycles. The van der Waals surface area contributed by atoms with Gasteiger partial charge in [-0.15, -0.1) is 0 Å². The van der Waals surface area contributed by atoms with Crippen molar-refractivity contribution in [3.05, 3.63) is 0 Å². The van der Waals surface area contributed by atoms with Crippen LogP contribution < -0.4 is 0 Å². The summed E-state index contributed by atoms with van der Waals surface area (Å²) in [5.41, 5.74) is 0. The van der Waals surface area contributed by atoms with Crippen molar-refractivity contribution < 1.29 is 5.02 Å². The topological polar surface area (TPSA) is 20.2 Å². The van der Waals surface area contributed by atoms with Gasteiger partial charge < -0.3 is 5.02 Å². The van der Waals surface area contributed by atoms with Crippen LogP contribution in [0.5, 0.6) is 0 Å². The molecule has 1 fully saturated rings. The smallest absolute Gasteiger partial charge is 0.290 e. The normalized spacial score (nSPS) is 37.8. The predicted molar refractivity (Wildman–Crippen MR) is 34.7 cm³/mol. The SMILES string of the molecule is C[C@H]1CCC[C@@H]1[B]O. The van der Waals surface area contributed by atoms with Crippen LogP contribution in [0.1, 0.15) is 26.2 Å². The summed E-state index contributed by atoms with van der Waals surface area (Å²) in [6, 6.07) is 0. The van der Waals surface area contributed by atoms with Crippen LogP contribution in [-0.2, 0) is 0 Å². The molecule has 0 aromatic heterocycles. The first kappa shape index (κ1) is 6.15. The molecular formula is C6H12BO. The van der Waals surface area contributed by atoms with Gasteiger partial charge in [0.05, 0.1) is 0 Å². The summed E-state index contributed by atoms with van der Waals surface area (Å²) >= 11 is 0. The van der Waals surface area contributed by atoms with Gasteiger partial charge in [-0.1, -0.05) is 26.2 Å². The van der Waals surface area contributed by atoms with E-state index in [1.165, 1.54) is 26.7 Å². The van der Waals surface area contributed by atoms with Gasteiger partial charge in [0, 0.05) is 0 Å². The second-order valence-corrected chi connectivity index (χ2v) is 2.72. The fourth-order valence-corrected chi connectivity index (χ4v) is 1.40. The Labute approximate surface area is 51.4 Å². The summed E-state index contributed by atoms with van der Waals surface area (Å²) in [4.78, 5) is 0. The van der Waals surface area contributed by atoms with Crippen LogP contribution in [0.3, 0.4) is 0 Å². The summed E-state index contributed by atoms with van der Waals surface area (Å²) in [5.74, 6) is 1.22. The Kier molecular flexibility index (Phi) is 1.95. The Bertz CT molecular complexity index is 74.9. The molecule has 0 amide bonds. The van der Waals surface area contributed by atoms with E-state index in [1.807, 2.05) is 0 Å². The molecule has 0 bridgehead atoms. The molecule has 0 unspecified atom stereocenters. The number of hydrogen-bond donors (Lipinski definition) is 1. The van der Waals surface area contributed by atoms with Crippen LogP contribution in [0.25, 0.3) is 0 Å². The highest BCUT2D eigenvalue weighted by atomic mass is 16.2.